The van der Waals surface area contributed by atoms with Gasteiger partial charge in [0.25, 0.3) is 0 Å². The summed E-state index contributed by atoms with van der Waals surface area (Å²) in [5.74, 6) is 2.17. The van der Waals surface area contributed by atoms with Gasteiger partial charge in [0.05, 0.1) is 18.8 Å². The quantitative estimate of drug-likeness (QED) is 0.458. The van der Waals surface area contributed by atoms with Crippen LogP contribution in [0.5, 0.6) is 0 Å². The second-order valence-corrected chi connectivity index (χ2v) is 7.18. The molecule has 0 bridgehead atoms. The van der Waals surface area contributed by atoms with Crippen LogP contribution in [0.2, 0.25) is 0 Å². The minimum atomic E-state index is -0.569. The summed E-state index contributed by atoms with van der Waals surface area (Å²) in [5, 5.41) is 4.56. The van der Waals surface area contributed by atoms with Crippen LogP contribution in [0.15, 0.2) is 0 Å². The van der Waals surface area contributed by atoms with E-state index in [9.17, 15) is 9.59 Å². The lowest BCUT2D eigenvalue weighted by atomic mass is 10.1. The Morgan fingerprint density at radius 3 is 2.69 bits per heavy atom. The molecule has 1 aliphatic rings. The third-order valence-electron chi connectivity index (χ3n) is 3.91. The van der Waals surface area contributed by atoms with Gasteiger partial charge in [0.15, 0.2) is 5.69 Å². The third kappa shape index (κ3) is 4.78. The standard InChI is InChI=1S/C19H27N3O4/c1-6-8-9-11-22-16(17(23)25-7-2)14-13-21(12-10-15(14)20-22)18(24)26-19(3,4)5/h1H,7-13H2,2-5H3. The fourth-order valence-corrected chi connectivity index (χ4v) is 2.83. The van der Waals surface area contributed by atoms with Gasteiger partial charge in [-0.1, -0.05) is 0 Å². The van der Waals surface area contributed by atoms with Crippen molar-refractivity contribution in [2.24, 2.45) is 0 Å². The monoisotopic (exact) mass is 361 g/mol. The molecule has 26 heavy (non-hydrogen) atoms. The van der Waals surface area contributed by atoms with E-state index < -0.39 is 17.7 Å². The Morgan fingerprint density at radius 2 is 2.08 bits per heavy atom. The molecule has 0 N–H and O–H groups in total. The number of fused-ring (bicyclic) bond motifs is 1. The fraction of sp³-hybridized carbons (Fsp3) is 0.632. The first-order valence-electron chi connectivity index (χ1n) is 8.94. The van der Waals surface area contributed by atoms with E-state index in [2.05, 4.69) is 11.0 Å². The summed E-state index contributed by atoms with van der Waals surface area (Å²) in [6.45, 7) is 8.85. The zero-order valence-electron chi connectivity index (χ0n) is 16.0. The van der Waals surface area contributed by atoms with E-state index in [0.29, 0.717) is 31.6 Å². The summed E-state index contributed by atoms with van der Waals surface area (Å²) in [4.78, 5) is 26.5. The lowest BCUT2D eigenvalue weighted by Gasteiger charge is -2.29. The Labute approximate surface area is 154 Å². The predicted octanol–water partition coefficient (Wildman–Crippen LogP) is 2.77. The molecule has 0 spiro atoms. The molecule has 7 nitrogen and oxygen atoms in total. The Bertz CT molecular complexity index is 710. The predicted molar refractivity (Wildman–Crippen MR) is 96.6 cm³/mol. The molecule has 1 aromatic heterocycles. The summed E-state index contributed by atoms with van der Waals surface area (Å²) >= 11 is 0. The lowest BCUT2D eigenvalue weighted by molar-refractivity contribution is 0.0220. The number of ether oxygens (including phenoxy) is 2. The number of rotatable bonds is 5. The molecule has 0 saturated heterocycles. The zero-order chi connectivity index (χ0) is 19.3. The Kier molecular flexibility index (Phi) is 6.30. The number of amides is 1. The molecule has 2 heterocycles. The number of terminal acetylenes is 1. The molecule has 0 radical (unpaired) electrons. The highest BCUT2D eigenvalue weighted by Gasteiger charge is 2.32. The number of nitrogens with zero attached hydrogens (tertiary/aromatic N) is 3. The Hall–Kier alpha value is -2.49. The molecule has 1 amide bonds. The first-order valence-corrected chi connectivity index (χ1v) is 8.94. The molecule has 1 aliphatic heterocycles. The van der Waals surface area contributed by atoms with Gasteiger partial charge in [-0.2, -0.15) is 5.10 Å². The molecule has 142 valence electrons. The first kappa shape index (κ1) is 19.8. The summed E-state index contributed by atoms with van der Waals surface area (Å²) < 4.78 is 12.3. The van der Waals surface area contributed by atoms with Gasteiger partial charge < -0.3 is 14.4 Å². The van der Waals surface area contributed by atoms with Gasteiger partial charge in [-0.15, -0.1) is 12.3 Å². The molecule has 1 aromatic rings. The average Bonchev–Trinajstić information content (AvgIpc) is 2.91. The fourth-order valence-electron chi connectivity index (χ4n) is 2.83. The maximum atomic E-state index is 12.5. The van der Waals surface area contributed by atoms with E-state index in [1.807, 2.05) is 20.8 Å². The van der Waals surface area contributed by atoms with Crippen molar-refractivity contribution in [3.8, 4) is 12.3 Å². The lowest BCUT2D eigenvalue weighted by Crippen LogP contribution is -2.40. The van der Waals surface area contributed by atoms with Crippen molar-refractivity contribution in [1.29, 1.82) is 0 Å². The number of unbranched alkanes of at least 4 members (excludes halogenated alkanes) is 1. The SMILES string of the molecule is C#CCCCn1nc2c(c1C(=O)OCC)CN(C(=O)OC(C)(C)C)CC2. The smallest absolute Gasteiger partial charge is 0.410 e. The van der Waals surface area contributed by atoms with E-state index in [4.69, 9.17) is 15.9 Å². The first-order chi connectivity index (χ1) is 12.3. The van der Waals surface area contributed by atoms with Crippen LogP contribution < -0.4 is 0 Å². The summed E-state index contributed by atoms with van der Waals surface area (Å²) in [7, 11) is 0. The largest absolute Gasteiger partial charge is 0.461 e. The topological polar surface area (TPSA) is 73.7 Å². The van der Waals surface area contributed by atoms with Crippen molar-refractivity contribution >= 4 is 12.1 Å². The maximum Gasteiger partial charge on any atom is 0.410 e. The molecular formula is C19H27N3O4. The number of carbonyl (C=O) groups excluding carboxylic acids is 2. The second-order valence-electron chi connectivity index (χ2n) is 7.18. The molecule has 0 atom stereocenters. The van der Waals surface area contributed by atoms with E-state index in [1.54, 1.807) is 16.5 Å². The van der Waals surface area contributed by atoms with Gasteiger partial charge in [0.1, 0.15) is 5.60 Å². The molecule has 0 saturated carbocycles. The molecular weight excluding hydrogens is 334 g/mol. The van der Waals surface area contributed by atoms with Crippen molar-refractivity contribution in [3.05, 3.63) is 17.0 Å². The summed E-state index contributed by atoms with van der Waals surface area (Å²) in [5.41, 5.74) is 1.41. The van der Waals surface area contributed by atoms with Gasteiger partial charge in [0.2, 0.25) is 0 Å². The van der Waals surface area contributed by atoms with E-state index in [-0.39, 0.29) is 13.2 Å². The van der Waals surface area contributed by atoms with Crippen LogP contribution in [0.1, 0.15) is 62.3 Å². The van der Waals surface area contributed by atoms with Gasteiger partial charge in [-0.25, -0.2) is 9.59 Å². The number of carbonyl (C=O) groups is 2. The third-order valence-corrected chi connectivity index (χ3v) is 3.91. The van der Waals surface area contributed by atoms with E-state index >= 15 is 0 Å². The Morgan fingerprint density at radius 1 is 1.35 bits per heavy atom. The van der Waals surface area contributed by atoms with Gasteiger partial charge in [0, 0.05) is 31.5 Å². The number of hydrogen-bond acceptors (Lipinski definition) is 5. The van der Waals surface area contributed by atoms with Gasteiger partial charge in [-0.05, 0) is 34.1 Å². The van der Waals surface area contributed by atoms with Crippen LogP contribution in [0, 0.1) is 12.3 Å². The van der Waals surface area contributed by atoms with Crippen LogP contribution in [0.3, 0.4) is 0 Å². The van der Waals surface area contributed by atoms with Crippen molar-refractivity contribution in [3.63, 3.8) is 0 Å². The second kappa shape index (κ2) is 8.26. The van der Waals surface area contributed by atoms with E-state index in [0.717, 1.165) is 17.7 Å². The molecule has 7 heteroatoms. The highest BCUT2D eigenvalue weighted by Crippen LogP contribution is 2.25. The maximum absolute atomic E-state index is 12.5. The minimum Gasteiger partial charge on any atom is -0.461 e. The summed E-state index contributed by atoms with van der Waals surface area (Å²) in [6, 6.07) is 0. The van der Waals surface area contributed by atoms with Crippen LogP contribution in [-0.2, 0) is 29.0 Å². The minimum absolute atomic E-state index is 0.277. The highest BCUT2D eigenvalue weighted by molar-refractivity contribution is 5.90. The number of esters is 1. The normalized spacial score (nSPS) is 13.7. The molecule has 0 fully saturated rings. The Balaban J connectivity index is 2.27. The van der Waals surface area contributed by atoms with Crippen molar-refractivity contribution in [2.75, 3.05) is 13.2 Å². The number of aromatic nitrogens is 2. The van der Waals surface area contributed by atoms with Gasteiger partial charge >= 0.3 is 12.1 Å². The van der Waals surface area contributed by atoms with Crippen molar-refractivity contribution in [2.45, 2.75) is 65.6 Å². The van der Waals surface area contributed by atoms with Crippen molar-refractivity contribution < 1.29 is 19.1 Å². The average molecular weight is 361 g/mol. The number of hydrogen-bond donors (Lipinski definition) is 0. The molecule has 0 aliphatic carbocycles. The molecule has 0 aromatic carbocycles. The molecule has 0 unspecified atom stereocenters. The van der Waals surface area contributed by atoms with Crippen LogP contribution in [0.25, 0.3) is 0 Å². The van der Waals surface area contributed by atoms with Crippen molar-refractivity contribution in [1.82, 2.24) is 14.7 Å². The molecule has 2 rings (SSSR count). The number of aryl methyl sites for hydroxylation is 1. The van der Waals surface area contributed by atoms with Crippen LogP contribution in [0.4, 0.5) is 4.79 Å². The van der Waals surface area contributed by atoms with Crippen LogP contribution in [-0.4, -0.2) is 45.5 Å². The van der Waals surface area contributed by atoms with Crippen LogP contribution >= 0.6 is 0 Å². The summed E-state index contributed by atoms with van der Waals surface area (Å²) in [6.07, 6.45) is 6.82. The van der Waals surface area contributed by atoms with E-state index in [1.165, 1.54) is 0 Å². The zero-order valence-corrected chi connectivity index (χ0v) is 16.0. The van der Waals surface area contributed by atoms with Gasteiger partial charge in [-0.3, -0.25) is 4.68 Å². The highest BCUT2D eigenvalue weighted by atomic mass is 16.6.